The molecule has 1 aromatic carbocycles. The molecular formula is C19H19N3O2S. The summed E-state index contributed by atoms with van der Waals surface area (Å²) < 4.78 is 7.01. The Hall–Kier alpha value is -2.31. The van der Waals surface area contributed by atoms with Crippen LogP contribution in [0.3, 0.4) is 0 Å². The van der Waals surface area contributed by atoms with Gasteiger partial charge in [-0.25, -0.2) is 9.97 Å². The number of morpholine rings is 1. The van der Waals surface area contributed by atoms with Crippen LogP contribution in [0, 0.1) is 13.8 Å². The summed E-state index contributed by atoms with van der Waals surface area (Å²) in [5, 5.41) is 1.11. The van der Waals surface area contributed by atoms with Crippen LogP contribution in [0.15, 0.2) is 36.4 Å². The van der Waals surface area contributed by atoms with E-state index in [-0.39, 0.29) is 12.0 Å². The van der Waals surface area contributed by atoms with Crippen LogP contribution in [0.5, 0.6) is 0 Å². The van der Waals surface area contributed by atoms with Crippen LogP contribution < -0.4 is 0 Å². The second kappa shape index (κ2) is 6.54. The summed E-state index contributed by atoms with van der Waals surface area (Å²) in [7, 11) is 0. The molecule has 2 aromatic heterocycles. The smallest absolute Gasteiger partial charge is 0.264 e. The highest BCUT2D eigenvalue weighted by atomic mass is 32.1. The largest absolute Gasteiger partial charge is 0.368 e. The molecule has 4 rings (SSSR count). The number of hydrogen-bond acceptors (Lipinski definition) is 5. The van der Waals surface area contributed by atoms with Crippen molar-refractivity contribution in [3.63, 3.8) is 0 Å². The maximum atomic E-state index is 12.9. The molecule has 3 aromatic rings. The number of rotatable bonds is 2. The molecule has 1 aliphatic heterocycles. The fourth-order valence-electron chi connectivity index (χ4n) is 3.17. The molecule has 128 valence electrons. The zero-order chi connectivity index (χ0) is 17.4. The lowest BCUT2D eigenvalue weighted by Crippen LogP contribution is -2.42. The van der Waals surface area contributed by atoms with E-state index >= 15 is 0 Å². The molecule has 1 atom stereocenters. The zero-order valence-corrected chi connectivity index (χ0v) is 15.0. The van der Waals surface area contributed by atoms with E-state index in [1.54, 1.807) is 11.3 Å². The number of thiophene rings is 1. The van der Waals surface area contributed by atoms with Crippen molar-refractivity contribution in [3.05, 3.63) is 58.5 Å². The van der Waals surface area contributed by atoms with Gasteiger partial charge in [-0.05, 0) is 37.4 Å². The highest BCUT2D eigenvalue weighted by molar-refractivity contribution is 7.20. The number of nitrogens with zero attached hydrogens (tertiary/aromatic N) is 3. The second-order valence-electron chi connectivity index (χ2n) is 6.24. The number of carbonyl (C=O) groups excluding carboxylic acids is 1. The molecule has 0 radical (unpaired) electrons. The Morgan fingerprint density at radius 2 is 2.08 bits per heavy atom. The molecule has 0 unspecified atom stereocenters. The van der Waals surface area contributed by atoms with E-state index in [4.69, 9.17) is 4.74 Å². The normalized spacial score (nSPS) is 17.8. The van der Waals surface area contributed by atoms with Crippen molar-refractivity contribution in [3.8, 4) is 0 Å². The van der Waals surface area contributed by atoms with Gasteiger partial charge < -0.3 is 9.64 Å². The minimum Gasteiger partial charge on any atom is -0.368 e. The van der Waals surface area contributed by atoms with E-state index < -0.39 is 0 Å². The Morgan fingerprint density at radius 1 is 1.24 bits per heavy atom. The van der Waals surface area contributed by atoms with E-state index in [1.165, 1.54) is 0 Å². The van der Waals surface area contributed by atoms with Gasteiger partial charge in [-0.2, -0.15) is 0 Å². The quantitative estimate of drug-likeness (QED) is 0.707. The number of carbonyl (C=O) groups is 1. The number of hydrogen-bond donors (Lipinski definition) is 0. The Morgan fingerprint density at radius 3 is 2.88 bits per heavy atom. The Bertz CT molecular complexity index is 884. The van der Waals surface area contributed by atoms with Gasteiger partial charge in [0.1, 0.15) is 11.9 Å². The molecule has 3 heterocycles. The van der Waals surface area contributed by atoms with Gasteiger partial charge in [0.2, 0.25) is 0 Å². The SMILES string of the molecule is Cc1cc([C@H]2CN(C(=O)c3cc4ccccc4s3)CCO2)nc(C)n1. The van der Waals surface area contributed by atoms with Crippen LogP contribution in [0.1, 0.15) is 33.0 Å². The van der Waals surface area contributed by atoms with E-state index in [2.05, 4.69) is 9.97 Å². The number of fused-ring (bicyclic) bond motifs is 1. The predicted molar refractivity (Wildman–Crippen MR) is 97.9 cm³/mol. The van der Waals surface area contributed by atoms with E-state index in [1.807, 2.05) is 55.1 Å². The third kappa shape index (κ3) is 3.27. The average Bonchev–Trinajstić information content (AvgIpc) is 3.04. The van der Waals surface area contributed by atoms with Crippen LogP contribution in [0.25, 0.3) is 10.1 Å². The molecule has 1 saturated heterocycles. The lowest BCUT2D eigenvalue weighted by atomic mass is 10.1. The monoisotopic (exact) mass is 353 g/mol. The molecular weight excluding hydrogens is 334 g/mol. The summed E-state index contributed by atoms with van der Waals surface area (Å²) in [4.78, 5) is 24.4. The second-order valence-corrected chi connectivity index (χ2v) is 7.32. The number of ether oxygens (including phenoxy) is 1. The third-order valence-electron chi connectivity index (χ3n) is 4.31. The molecule has 1 aliphatic rings. The van der Waals surface area contributed by atoms with E-state index in [0.29, 0.717) is 19.7 Å². The fraction of sp³-hybridized carbons (Fsp3) is 0.316. The summed E-state index contributed by atoms with van der Waals surface area (Å²) in [6, 6.07) is 12.0. The first-order valence-electron chi connectivity index (χ1n) is 8.32. The standard InChI is InChI=1S/C19H19N3O2S/c1-12-9-15(21-13(2)20-12)16-11-22(7-8-24-16)19(23)18-10-14-5-3-4-6-17(14)25-18/h3-6,9-10,16H,7-8,11H2,1-2H3/t16-/m1/s1. The van der Waals surface area contributed by atoms with Gasteiger partial charge in [-0.3, -0.25) is 4.79 Å². The Balaban J connectivity index is 1.57. The minimum atomic E-state index is -0.201. The Labute approximate surface area is 150 Å². The highest BCUT2D eigenvalue weighted by Gasteiger charge is 2.28. The summed E-state index contributed by atoms with van der Waals surface area (Å²) in [6.07, 6.45) is -0.201. The molecule has 25 heavy (non-hydrogen) atoms. The lowest BCUT2D eigenvalue weighted by Gasteiger charge is -2.32. The van der Waals surface area contributed by atoms with Gasteiger partial charge in [-0.15, -0.1) is 11.3 Å². The molecule has 0 aliphatic carbocycles. The third-order valence-corrected chi connectivity index (χ3v) is 5.41. The van der Waals surface area contributed by atoms with Gasteiger partial charge in [-0.1, -0.05) is 18.2 Å². The molecule has 1 amide bonds. The van der Waals surface area contributed by atoms with Gasteiger partial charge >= 0.3 is 0 Å². The molecule has 6 heteroatoms. The maximum Gasteiger partial charge on any atom is 0.264 e. The van der Waals surface area contributed by atoms with Crippen LogP contribution in [0.4, 0.5) is 0 Å². The molecule has 1 fully saturated rings. The first-order chi connectivity index (χ1) is 12.1. The van der Waals surface area contributed by atoms with Gasteiger partial charge in [0.15, 0.2) is 0 Å². The van der Waals surface area contributed by atoms with Crippen LogP contribution in [-0.2, 0) is 4.74 Å². The molecule has 0 spiro atoms. The molecule has 5 nitrogen and oxygen atoms in total. The van der Waals surface area contributed by atoms with Crippen molar-refractivity contribution in [2.75, 3.05) is 19.7 Å². The van der Waals surface area contributed by atoms with Crippen molar-refractivity contribution >= 4 is 27.3 Å². The fourth-order valence-corrected chi connectivity index (χ4v) is 4.20. The molecule has 0 N–H and O–H groups in total. The molecule has 0 bridgehead atoms. The maximum absolute atomic E-state index is 12.9. The number of aryl methyl sites for hydroxylation is 2. The topological polar surface area (TPSA) is 55.3 Å². The number of amides is 1. The highest BCUT2D eigenvalue weighted by Crippen LogP contribution is 2.28. The lowest BCUT2D eigenvalue weighted by molar-refractivity contribution is -0.0247. The Kier molecular flexibility index (Phi) is 4.23. The van der Waals surface area contributed by atoms with Crippen LogP contribution in [-0.4, -0.2) is 40.5 Å². The predicted octanol–water partition coefficient (Wildman–Crippen LogP) is 3.52. The molecule has 0 saturated carbocycles. The van der Waals surface area contributed by atoms with Crippen LogP contribution in [0.2, 0.25) is 0 Å². The first-order valence-corrected chi connectivity index (χ1v) is 9.13. The van der Waals surface area contributed by atoms with Gasteiger partial charge in [0.05, 0.1) is 23.7 Å². The van der Waals surface area contributed by atoms with Gasteiger partial charge in [0, 0.05) is 16.9 Å². The van der Waals surface area contributed by atoms with Crippen molar-refractivity contribution in [2.45, 2.75) is 20.0 Å². The zero-order valence-electron chi connectivity index (χ0n) is 14.2. The number of benzene rings is 1. The summed E-state index contributed by atoms with van der Waals surface area (Å²) >= 11 is 1.54. The summed E-state index contributed by atoms with van der Waals surface area (Å²) in [5.41, 5.74) is 1.76. The number of aromatic nitrogens is 2. The first kappa shape index (κ1) is 16.2. The van der Waals surface area contributed by atoms with Crippen molar-refractivity contribution < 1.29 is 9.53 Å². The van der Waals surface area contributed by atoms with Gasteiger partial charge in [0.25, 0.3) is 5.91 Å². The van der Waals surface area contributed by atoms with Crippen molar-refractivity contribution in [2.24, 2.45) is 0 Å². The van der Waals surface area contributed by atoms with E-state index in [9.17, 15) is 4.79 Å². The average molecular weight is 353 g/mol. The minimum absolute atomic E-state index is 0.0667. The summed E-state index contributed by atoms with van der Waals surface area (Å²) in [6.45, 7) is 5.46. The van der Waals surface area contributed by atoms with Crippen LogP contribution >= 0.6 is 11.3 Å². The van der Waals surface area contributed by atoms with Crippen molar-refractivity contribution in [1.29, 1.82) is 0 Å². The van der Waals surface area contributed by atoms with E-state index in [0.717, 1.165) is 32.2 Å². The van der Waals surface area contributed by atoms with Crippen molar-refractivity contribution in [1.82, 2.24) is 14.9 Å². The summed E-state index contributed by atoms with van der Waals surface area (Å²) in [5.74, 6) is 0.795.